The summed E-state index contributed by atoms with van der Waals surface area (Å²) in [5.74, 6) is -1.47. The zero-order valence-electron chi connectivity index (χ0n) is 17.3. The molecule has 34 heavy (non-hydrogen) atoms. The summed E-state index contributed by atoms with van der Waals surface area (Å²) in [7, 11) is 0. The summed E-state index contributed by atoms with van der Waals surface area (Å²) in [6, 6.07) is 12.1. The zero-order valence-corrected chi connectivity index (χ0v) is 17.3. The van der Waals surface area contributed by atoms with E-state index in [4.69, 9.17) is 0 Å². The van der Waals surface area contributed by atoms with Crippen LogP contribution < -0.4 is 5.32 Å². The number of benzene rings is 3. The van der Waals surface area contributed by atoms with Crippen molar-refractivity contribution in [1.82, 2.24) is 4.90 Å². The van der Waals surface area contributed by atoms with Gasteiger partial charge in [-0.15, -0.1) is 0 Å². The maximum Gasteiger partial charge on any atom is 0.419 e. The Bertz CT molecular complexity index is 1200. The number of amides is 2. The Morgan fingerprint density at radius 3 is 2.21 bits per heavy atom. The summed E-state index contributed by atoms with van der Waals surface area (Å²) < 4.78 is 91.8. The van der Waals surface area contributed by atoms with Gasteiger partial charge in [0, 0.05) is 12.2 Å². The van der Waals surface area contributed by atoms with E-state index in [0.29, 0.717) is 29.7 Å². The number of fused-ring (bicyclic) bond motifs is 1. The van der Waals surface area contributed by atoms with Crippen molar-refractivity contribution in [2.45, 2.75) is 24.8 Å². The fraction of sp³-hybridized carbons (Fsp3) is 0.208. The van der Waals surface area contributed by atoms with Crippen LogP contribution in [0.3, 0.4) is 0 Å². The smallest absolute Gasteiger partial charge is 0.313 e. The Balaban J connectivity index is 1.68. The van der Waals surface area contributed by atoms with E-state index in [-0.39, 0.29) is 12.2 Å². The number of nitrogens with zero attached hydrogens (tertiary/aromatic N) is 1. The molecule has 0 bridgehead atoms. The second-order valence-corrected chi connectivity index (χ2v) is 7.79. The second kappa shape index (κ2) is 8.66. The van der Waals surface area contributed by atoms with Gasteiger partial charge in [-0.25, -0.2) is 9.18 Å². The first-order valence-electron chi connectivity index (χ1n) is 10.1. The molecule has 1 atom stereocenters. The molecule has 0 aromatic heterocycles. The third-order valence-corrected chi connectivity index (χ3v) is 5.62. The normalized spacial score (nSPS) is 16.2. The lowest BCUT2D eigenvalue weighted by Gasteiger charge is -2.37. The Hall–Kier alpha value is -3.56. The molecule has 0 aliphatic carbocycles. The van der Waals surface area contributed by atoms with Crippen LogP contribution in [0.15, 0.2) is 66.7 Å². The Labute approximate surface area is 189 Å². The van der Waals surface area contributed by atoms with Crippen molar-refractivity contribution >= 4 is 11.7 Å². The molecule has 0 radical (unpaired) electrons. The SMILES string of the molecule is O=C(Nc1ccc(F)c(C(F)(F)F)c1)N1CCc2ccccc2[C@H]1c1ccc(C(F)(F)F)cc1. The molecule has 4 rings (SSSR count). The molecule has 3 aromatic carbocycles. The lowest BCUT2D eigenvalue weighted by molar-refractivity contribution is -0.140. The topological polar surface area (TPSA) is 32.3 Å². The Morgan fingerprint density at radius 2 is 1.56 bits per heavy atom. The van der Waals surface area contributed by atoms with Crippen molar-refractivity contribution in [3.05, 3.63) is 100 Å². The number of anilines is 1. The van der Waals surface area contributed by atoms with E-state index in [1.807, 2.05) is 6.07 Å². The van der Waals surface area contributed by atoms with Crippen molar-refractivity contribution in [1.29, 1.82) is 0 Å². The Kier molecular flexibility index (Phi) is 6.01. The minimum atomic E-state index is -4.95. The van der Waals surface area contributed by atoms with Crippen molar-refractivity contribution in [3.8, 4) is 0 Å². The van der Waals surface area contributed by atoms with Crippen molar-refractivity contribution in [2.24, 2.45) is 0 Å². The highest BCUT2D eigenvalue weighted by molar-refractivity contribution is 5.90. The highest BCUT2D eigenvalue weighted by Gasteiger charge is 2.36. The highest BCUT2D eigenvalue weighted by atomic mass is 19.4. The molecule has 0 saturated heterocycles. The van der Waals surface area contributed by atoms with Gasteiger partial charge in [0.15, 0.2) is 0 Å². The van der Waals surface area contributed by atoms with Crippen LogP contribution in [0.2, 0.25) is 0 Å². The van der Waals surface area contributed by atoms with Crippen LogP contribution in [0.25, 0.3) is 0 Å². The van der Waals surface area contributed by atoms with E-state index in [0.717, 1.165) is 23.8 Å². The fourth-order valence-electron chi connectivity index (χ4n) is 4.01. The predicted molar refractivity (Wildman–Crippen MR) is 111 cm³/mol. The van der Waals surface area contributed by atoms with Crippen LogP contribution in [-0.2, 0) is 18.8 Å². The maximum atomic E-state index is 13.6. The summed E-state index contributed by atoms with van der Waals surface area (Å²) in [6.07, 6.45) is -9.03. The summed E-state index contributed by atoms with van der Waals surface area (Å²) in [6.45, 7) is 0.169. The van der Waals surface area contributed by atoms with Crippen LogP contribution in [0.4, 0.5) is 41.2 Å². The minimum absolute atomic E-state index is 0.169. The minimum Gasteiger partial charge on any atom is -0.313 e. The summed E-state index contributed by atoms with van der Waals surface area (Å²) >= 11 is 0. The van der Waals surface area contributed by atoms with Gasteiger partial charge in [0.2, 0.25) is 0 Å². The lowest BCUT2D eigenvalue weighted by atomic mass is 9.88. The molecule has 3 nitrogen and oxygen atoms in total. The monoisotopic (exact) mass is 482 g/mol. The quantitative estimate of drug-likeness (QED) is 0.391. The average molecular weight is 482 g/mol. The van der Waals surface area contributed by atoms with E-state index in [9.17, 15) is 35.5 Å². The molecular weight excluding hydrogens is 465 g/mol. The molecule has 1 aliphatic rings. The molecule has 0 fully saturated rings. The molecule has 1 aliphatic heterocycles. The van der Waals surface area contributed by atoms with Gasteiger partial charge in [0.05, 0.1) is 17.2 Å². The van der Waals surface area contributed by atoms with Crippen LogP contribution in [0.5, 0.6) is 0 Å². The highest BCUT2D eigenvalue weighted by Crippen LogP contribution is 2.38. The number of hydrogen-bond donors (Lipinski definition) is 1. The first-order chi connectivity index (χ1) is 15.9. The number of carbonyl (C=O) groups excluding carboxylic acids is 1. The van der Waals surface area contributed by atoms with Gasteiger partial charge in [-0.2, -0.15) is 26.3 Å². The van der Waals surface area contributed by atoms with Crippen LogP contribution in [-0.4, -0.2) is 17.5 Å². The molecule has 0 spiro atoms. The van der Waals surface area contributed by atoms with Gasteiger partial charge in [-0.3, -0.25) is 0 Å². The standard InChI is InChI=1S/C24H17F7N2O/c25-20-10-9-17(13-19(20)24(29,30)31)32-22(34)33-12-11-14-3-1-2-4-18(14)21(33)15-5-7-16(8-6-15)23(26,27)28/h1-10,13,21H,11-12H2,(H,32,34)/t21-/m1/s1. The maximum absolute atomic E-state index is 13.6. The van der Waals surface area contributed by atoms with Gasteiger partial charge in [0.1, 0.15) is 5.82 Å². The summed E-state index contributed by atoms with van der Waals surface area (Å²) in [5.41, 5.74) is -0.624. The molecule has 1 N–H and O–H groups in total. The summed E-state index contributed by atoms with van der Waals surface area (Å²) in [4.78, 5) is 14.4. The van der Waals surface area contributed by atoms with Crippen molar-refractivity contribution in [3.63, 3.8) is 0 Å². The molecule has 178 valence electrons. The van der Waals surface area contributed by atoms with E-state index in [1.165, 1.54) is 17.0 Å². The van der Waals surface area contributed by atoms with Crippen LogP contribution in [0, 0.1) is 5.82 Å². The van der Waals surface area contributed by atoms with Crippen molar-refractivity contribution in [2.75, 3.05) is 11.9 Å². The van der Waals surface area contributed by atoms with Crippen LogP contribution >= 0.6 is 0 Å². The fourth-order valence-corrected chi connectivity index (χ4v) is 4.01. The third-order valence-electron chi connectivity index (χ3n) is 5.62. The first kappa shape index (κ1) is 23.6. The number of alkyl halides is 6. The average Bonchev–Trinajstić information content (AvgIpc) is 2.78. The lowest BCUT2D eigenvalue weighted by Crippen LogP contribution is -2.43. The van der Waals surface area contributed by atoms with Crippen LogP contribution in [0.1, 0.15) is 33.9 Å². The van der Waals surface area contributed by atoms with E-state index < -0.39 is 41.4 Å². The van der Waals surface area contributed by atoms with Crippen molar-refractivity contribution < 1.29 is 35.5 Å². The Morgan fingerprint density at radius 1 is 0.882 bits per heavy atom. The molecule has 0 saturated carbocycles. The van der Waals surface area contributed by atoms with Gasteiger partial charge in [0.25, 0.3) is 0 Å². The number of nitrogens with one attached hydrogen (secondary N) is 1. The largest absolute Gasteiger partial charge is 0.419 e. The van der Waals surface area contributed by atoms with Gasteiger partial charge < -0.3 is 10.2 Å². The zero-order chi connectivity index (χ0) is 24.7. The molecule has 2 amide bonds. The van der Waals surface area contributed by atoms with Gasteiger partial charge >= 0.3 is 18.4 Å². The van der Waals surface area contributed by atoms with E-state index in [2.05, 4.69) is 5.32 Å². The first-order valence-corrected chi connectivity index (χ1v) is 10.1. The molecule has 10 heteroatoms. The molecule has 1 heterocycles. The van der Waals surface area contributed by atoms with E-state index >= 15 is 0 Å². The molecule has 0 unspecified atom stereocenters. The number of rotatable bonds is 2. The van der Waals surface area contributed by atoms with E-state index in [1.54, 1.807) is 18.2 Å². The predicted octanol–water partition coefficient (Wildman–Crippen LogP) is 7.04. The number of halogens is 7. The van der Waals surface area contributed by atoms with Gasteiger partial charge in [-0.05, 0) is 53.4 Å². The number of hydrogen-bond acceptors (Lipinski definition) is 1. The third kappa shape index (κ3) is 4.71. The second-order valence-electron chi connectivity index (χ2n) is 7.79. The number of carbonyl (C=O) groups is 1. The van der Waals surface area contributed by atoms with Gasteiger partial charge in [-0.1, -0.05) is 36.4 Å². The molecular formula is C24H17F7N2O. The summed E-state index contributed by atoms with van der Waals surface area (Å²) in [5, 5.41) is 2.36. The number of urea groups is 1. The molecule has 3 aromatic rings.